The van der Waals surface area contributed by atoms with Gasteiger partial charge in [0, 0.05) is 44.2 Å². The van der Waals surface area contributed by atoms with Gasteiger partial charge in [-0.05, 0) is 18.2 Å². The van der Waals surface area contributed by atoms with E-state index in [1.807, 2.05) is 34.6 Å². The first kappa shape index (κ1) is 12.4. The molecule has 6 heteroatoms. The molecule has 0 N–H and O–H groups in total. The summed E-state index contributed by atoms with van der Waals surface area (Å²) >= 11 is 0. The van der Waals surface area contributed by atoms with Gasteiger partial charge in [0.25, 0.3) is 5.69 Å². The lowest BCUT2D eigenvalue weighted by molar-refractivity contribution is -0.383. The second-order valence-corrected chi connectivity index (χ2v) is 4.67. The molecule has 0 unspecified atom stereocenters. The molecule has 0 amide bonds. The monoisotopic (exact) mass is 270 g/mol. The molecule has 0 aliphatic carbocycles. The van der Waals surface area contributed by atoms with Crippen LogP contribution in [-0.2, 0) is 20.0 Å². The van der Waals surface area contributed by atoms with Crippen molar-refractivity contribution in [3.63, 3.8) is 0 Å². The molecular formula is C14H14N4O2. The van der Waals surface area contributed by atoms with Crippen molar-refractivity contribution < 1.29 is 4.92 Å². The number of nitro groups is 1. The standard InChI is InChI=1S/C14H14N4O2/c1-16-11(5-8-15-16)6-9-17-10-7-12-13(17)3-2-4-14(12)18(19)20/h2-5,7-8,10H,6,9H2,1H3. The van der Waals surface area contributed by atoms with Gasteiger partial charge in [-0.3, -0.25) is 14.8 Å². The van der Waals surface area contributed by atoms with Gasteiger partial charge in [-0.1, -0.05) is 6.07 Å². The molecule has 20 heavy (non-hydrogen) atoms. The van der Waals surface area contributed by atoms with E-state index in [2.05, 4.69) is 5.10 Å². The van der Waals surface area contributed by atoms with Gasteiger partial charge in [-0.2, -0.15) is 5.10 Å². The molecule has 2 aromatic heterocycles. The number of aromatic nitrogens is 3. The van der Waals surface area contributed by atoms with Crippen LogP contribution >= 0.6 is 0 Å². The summed E-state index contributed by atoms with van der Waals surface area (Å²) in [7, 11) is 1.91. The molecule has 0 bridgehead atoms. The van der Waals surface area contributed by atoms with Crippen LogP contribution < -0.4 is 0 Å². The van der Waals surface area contributed by atoms with Crippen molar-refractivity contribution in [2.75, 3.05) is 0 Å². The third-order valence-electron chi connectivity index (χ3n) is 3.52. The van der Waals surface area contributed by atoms with E-state index >= 15 is 0 Å². The zero-order valence-corrected chi connectivity index (χ0v) is 11.1. The molecule has 0 fully saturated rings. The smallest absolute Gasteiger partial charge is 0.278 e. The highest BCUT2D eigenvalue weighted by molar-refractivity contribution is 5.89. The third-order valence-corrected chi connectivity index (χ3v) is 3.52. The van der Waals surface area contributed by atoms with Gasteiger partial charge < -0.3 is 4.57 Å². The van der Waals surface area contributed by atoms with Gasteiger partial charge in [0.2, 0.25) is 0 Å². The van der Waals surface area contributed by atoms with Gasteiger partial charge in [-0.15, -0.1) is 0 Å². The molecule has 0 radical (unpaired) electrons. The van der Waals surface area contributed by atoms with Crippen LogP contribution in [0.15, 0.2) is 42.7 Å². The summed E-state index contributed by atoms with van der Waals surface area (Å²) in [5.74, 6) is 0. The fourth-order valence-electron chi connectivity index (χ4n) is 2.44. The van der Waals surface area contributed by atoms with Gasteiger partial charge >= 0.3 is 0 Å². The van der Waals surface area contributed by atoms with Crippen LogP contribution in [0, 0.1) is 10.1 Å². The lowest BCUT2D eigenvalue weighted by Crippen LogP contribution is -2.04. The molecule has 102 valence electrons. The molecule has 0 aliphatic heterocycles. The second-order valence-electron chi connectivity index (χ2n) is 4.67. The first-order chi connectivity index (χ1) is 9.66. The summed E-state index contributed by atoms with van der Waals surface area (Å²) in [6.45, 7) is 0.768. The van der Waals surface area contributed by atoms with Crippen LogP contribution in [0.25, 0.3) is 10.9 Å². The fraction of sp³-hybridized carbons (Fsp3) is 0.214. The lowest BCUT2D eigenvalue weighted by Gasteiger charge is -2.06. The van der Waals surface area contributed by atoms with Crippen LogP contribution in [0.5, 0.6) is 0 Å². The minimum absolute atomic E-state index is 0.154. The van der Waals surface area contributed by atoms with E-state index < -0.39 is 0 Å². The number of rotatable bonds is 4. The molecule has 3 rings (SSSR count). The Kier molecular flexibility index (Phi) is 2.98. The second kappa shape index (κ2) is 4.80. The first-order valence-electron chi connectivity index (χ1n) is 6.36. The van der Waals surface area contributed by atoms with Gasteiger partial charge in [0.05, 0.1) is 15.8 Å². The molecule has 0 aliphatic rings. The van der Waals surface area contributed by atoms with Gasteiger partial charge in [0.15, 0.2) is 0 Å². The highest BCUT2D eigenvalue weighted by Crippen LogP contribution is 2.26. The highest BCUT2D eigenvalue weighted by atomic mass is 16.6. The maximum Gasteiger partial charge on any atom is 0.278 e. The van der Waals surface area contributed by atoms with E-state index in [1.165, 1.54) is 6.07 Å². The minimum Gasteiger partial charge on any atom is -0.347 e. The molecular weight excluding hydrogens is 256 g/mol. The molecule has 3 aromatic rings. The Morgan fingerprint density at radius 1 is 1.30 bits per heavy atom. The van der Waals surface area contributed by atoms with Crippen molar-refractivity contribution >= 4 is 16.6 Å². The van der Waals surface area contributed by atoms with Crippen LogP contribution in [0.3, 0.4) is 0 Å². The van der Waals surface area contributed by atoms with Gasteiger partial charge in [0.1, 0.15) is 0 Å². The number of benzene rings is 1. The number of non-ortho nitro benzene ring substituents is 1. The largest absolute Gasteiger partial charge is 0.347 e. The molecule has 0 spiro atoms. The maximum atomic E-state index is 11.0. The Bertz CT molecular complexity index is 772. The normalized spacial score (nSPS) is 11.1. The van der Waals surface area contributed by atoms with Crippen LogP contribution in [0.1, 0.15) is 5.69 Å². The molecule has 0 atom stereocenters. The van der Waals surface area contributed by atoms with Crippen LogP contribution in [-0.4, -0.2) is 19.3 Å². The lowest BCUT2D eigenvalue weighted by atomic mass is 10.2. The van der Waals surface area contributed by atoms with E-state index in [0.29, 0.717) is 5.39 Å². The zero-order chi connectivity index (χ0) is 14.1. The van der Waals surface area contributed by atoms with E-state index in [0.717, 1.165) is 24.2 Å². The zero-order valence-electron chi connectivity index (χ0n) is 11.1. The number of fused-ring (bicyclic) bond motifs is 1. The van der Waals surface area contributed by atoms with Crippen LogP contribution in [0.2, 0.25) is 0 Å². The predicted molar refractivity (Wildman–Crippen MR) is 75.5 cm³/mol. The van der Waals surface area contributed by atoms with E-state index in [4.69, 9.17) is 0 Å². The van der Waals surface area contributed by atoms with E-state index in [9.17, 15) is 10.1 Å². The quantitative estimate of drug-likeness (QED) is 0.540. The van der Waals surface area contributed by atoms with Crippen LogP contribution in [0.4, 0.5) is 5.69 Å². The third kappa shape index (κ3) is 2.05. The molecule has 1 aromatic carbocycles. The topological polar surface area (TPSA) is 65.9 Å². The number of nitro benzene ring substituents is 1. The molecule has 2 heterocycles. The Hall–Kier alpha value is -2.63. The summed E-state index contributed by atoms with van der Waals surface area (Å²) in [4.78, 5) is 10.7. The Labute approximate surface area is 115 Å². The Balaban J connectivity index is 1.91. The summed E-state index contributed by atoms with van der Waals surface area (Å²) in [5.41, 5.74) is 2.18. The molecule has 0 saturated carbocycles. The average molecular weight is 270 g/mol. The van der Waals surface area contributed by atoms with Crippen molar-refractivity contribution in [3.05, 3.63) is 58.5 Å². The van der Waals surface area contributed by atoms with Crippen molar-refractivity contribution in [1.82, 2.24) is 14.3 Å². The van der Waals surface area contributed by atoms with Crippen molar-refractivity contribution in [3.8, 4) is 0 Å². The number of hydrogen-bond acceptors (Lipinski definition) is 3. The van der Waals surface area contributed by atoms with Crippen molar-refractivity contribution in [2.45, 2.75) is 13.0 Å². The molecule has 6 nitrogen and oxygen atoms in total. The predicted octanol–water partition coefficient (Wildman–Crippen LogP) is 2.53. The summed E-state index contributed by atoms with van der Waals surface area (Å²) < 4.78 is 3.88. The Morgan fingerprint density at radius 3 is 2.85 bits per heavy atom. The highest BCUT2D eigenvalue weighted by Gasteiger charge is 2.13. The van der Waals surface area contributed by atoms with Gasteiger partial charge in [-0.25, -0.2) is 0 Å². The molecule has 0 saturated heterocycles. The van der Waals surface area contributed by atoms with E-state index in [-0.39, 0.29) is 10.6 Å². The minimum atomic E-state index is -0.339. The van der Waals surface area contributed by atoms with Crippen molar-refractivity contribution in [1.29, 1.82) is 0 Å². The Morgan fingerprint density at radius 2 is 2.15 bits per heavy atom. The number of aryl methyl sites for hydroxylation is 3. The van der Waals surface area contributed by atoms with E-state index in [1.54, 1.807) is 18.3 Å². The van der Waals surface area contributed by atoms with Crippen molar-refractivity contribution in [2.24, 2.45) is 7.05 Å². The maximum absolute atomic E-state index is 11.0. The average Bonchev–Trinajstić information content (AvgIpc) is 3.02. The summed E-state index contributed by atoms with van der Waals surface area (Å²) in [6.07, 6.45) is 4.50. The summed E-state index contributed by atoms with van der Waals surface area (Å²) in [6, 6.07) is 8.95. The SMILES string of the molecule is Cn1nccc1CCn1ccc2c([N+](=O)[O-])cccc21. The number of nitrogens with zero attached hydrogens (tertiary/aromatic N) is 4. The number of hydrogen-bond donors (Lipinski definition) is 0. The first-order valence-corrected chi connectivity index (χ1v) is 6.36. The summed E-state index contributed by atoms with van der Waals surface area (Å²) in [5, 5.41) is 15.8. The fourth-order valence-corrected chi connectivity index (χ4v) is 2.44.